The Bertz CT molecular complexity index is 185. The molecule has 0 aromatic rings. The summed E-state index contributed by atoms with van der Waals surface area (Å²) >= 11 is 0. The van der Waals surface area contributed by atoms with Gasteiger partial charge in [0.05, 0.1) is 0 Å². The third-order valence-electron chi connectivity index (χ3n) is 1.38. The fourth-order valence-corrected chi connectivity index (χ4v) is 0.513. The molecule has 56 valence electrons. The van der Waals surface area contributed by atoms with Crippen molar-refractivity contribution in [2.75, 3.05) is 0 Å². The van der Waals surface area contributed by atoms with E-state index in [1.165, 1.54) is 5.57 Å². The Morgan fingerprint density at radius 2 is 1.80 bits per heavy atom. The second-order valence-corrected chi connectivity index (χ2v) is 2.52. The van der Waals surface area contributed by atoms with E-state index in [0.29, 0.717) is 0 Å². The van der Waals surface area contributed by atoms with Gasteiger partial charge in [-0.25, -0.2) is 0 Å². The average molecular weight is 137 g/mol. The normalized spacial score (nSPS) is 13.5. The lowest BCUT2D eigenvalue weighted by atomic mass is 10.1. The maximum absolute atomic E-state index is 5.28. The van der Waals surface area contributed by atoms with E-state index in [4.69, 9.17) is 5.73 Å². The number of rotatable bonds is 2. The molecule has 0 fully saturated rings. The van der Waals surface area contributed by atoms with E-state index in [0.717, 1.165) is 11.1 Å². The van der Waals surface area contributed by atoms with E-state index in [9.17, 15) is 0 Å². The maximum atomic E-state index is 5.28. The highest BCUT2D eigenvalue weighted by Gasteiger charge is 1.87. The molecule has 0 radical (unpaired) electrons. The van der Waals surface area contributed by atoms with Crippen molar-refractivity contribution in [1.29, 1.82) is 0 Å². The van der Waals surface area contributed by atoms with Crippen molar-refractivity contribution >= 4 is 0 Å². The van der Waals surface area contributed by atoms with Crippen molar-refractivity contribution in [2.45, 2.75) is 20.8 Å². The summed E-state index contributed by atoms with van der Waals surface area (Å²) < 4.78 is 0. The van der Waals surface area contributed by atoms with Crippen LogP contribution in [0.25, 0.3) is 0 Å². The zero-order valence-electron chi connectivity index (χ0n) is 6.94. The molecule has 0 rings (SSSR count). The van der Waals surface area contributed by atoms with E-state index in [2.05, 4.69) is 6.58 Å². The Labute approximate surface area is 62.9 Å². The standard InChI is InChI=1S/C9H15N/c1-7(2)9(4)5-8(3)6-10/h5-6H,1,10H2,2-4H3/b8-6-,9-5-. The van der Waals surface area contributed by atoms with Gasteiger partial charge in [0.1, 0.15) is 0 Å². The topological polar surface area (TPSA) is 26.0 Å². The van der Waals surface area contributed by atoms with Crippen molar-refractivity contribution in [2.24, 2.45) is 5.73 Å². The predicted octanol–water partition coefficient (Wildman–Crippen LogP) is 2.37. The van der Waals surface area contributed by atoms with Crippen LogP contribution in [-0.4, -0.2) is 0 Å². The summed E-state index contributed by atoms with van der Waals surface area (Å²) in [5.41, 5.74) is 8.62. The second-order valence-electron chi connectivity index (χ2n) is 2.52. The molecule has 1 heteroatoms. The Hall–Kier alpha value is -0.980. The summed E-state index contributed by atoms with van der Waals surface area (Å²) in [6, 6.07) is 0. The van der Waals surface area contributed by atoms with Crippen LogP contribution in [0.4, 0.5) is 0 Å². The number of nitrogens with two attached hydrogens (primary N) is 1. The van der Waals surface area contributed by atoms with Crippen molar-refractivity contribution in [3.63, 3.8) is 0 Å². The van der Waals surface area contributed by atoms with Gasteiger partial charge in [0.25, 0.3) is 0 Å². The number of allylic oxidation sites excluding steroid dienone is 4. The van der Waals surface area contributed by atoms with Crippen LogP contribution in [0.2, 0.25) is 0 Å². The molecule has 0 bridgehead atoms. The highest BCUT2D eigenvalue weighted by atomic mass is 14.5. The van der Waals surface area contributed by atoms with Gasteiger partial charge in [-0.15, -0.1) is 0 Å². The van der Waals surface area contributed by atoms with Gasteiger partial charge in [0, 0.05) is 0 Å². The molecule has 10 heavy (non-hydrogen) atoms. The Morgan fingerprint density at radius 1 is 1.30 bits per heavy atom. The lowest BCUT2D eigenvalue weighted by molar-refractivity contribution is 1.32. The molecule has 0 aliphatic rings. The first kappa shape index (κ1) is 9.02. The molecule has 1 nitrogen and oxygen atoms in total. The Balaban J connectivity index is 4.31. The first-order chi connectivity index (χ1) is 4.57. The molecule has 0 spiro atoms. The third kappa shape index (κ3) is 3.13. The van der Waals surface area contributed by atoms with Gasteiger partial charge in [-0.3, -0.25) is 0 Å². The van der Waals surface area contributed by atoms with E-state index in [-0.39, 0.29) is 0 Å². The minimum atomic E-state index is 1.07. The van der Waals surface area contributed by atoms with E-state index < -0.39 is 0 Å². The van der Waals surface area contributed by atoms with Crippen LogP contribution in [0.1, 0.15) is 20.8 Å². The number of hydrogen-bond donors (Lipinski definition) is 1. The molecule has 0 aromatic carbocycles. The number of hydrogen-bond acceptors (Lipinski definition) is 1. The van der Waals surface area contributed by atoms with Gasteiger partial charge < -0.3 is 5.73 Å². The van der Waals surface area contributed by atoms with Gasteiger partial charge in [0.2, 0.25) is 0 Å². The first-order valence-corrected chi connectivity index (χ1v) is 3.30. The minimum absolute atomic E-state index is 1.07. The van der Waals surface area contributed by atoms with Crippen molar-refractivity contribution < 1.29 is 0 Å². The highest BCUT2D eigenvalue weighted by molar-refractivity contribution is 5.31. The summed E-state index contributed by atoms with van der Waals surface area (Å²) in [4.78, 5) is 0. The molecule has 0 aliphatic carbocycles. The molecular formula is C9H15N. The lowest BCUT2D eigenvalue weighted by Gasteiger charge is -1.97. The SMILES string of the molecule is C=C(C)/C(C)=C\C(C)=C/N. The molecule has 0 amide bonds. The minimum Gasteiger partial charge on any atom is -0.404 e. The molecular weight excluding hydrogens is 122 g/mol. The Morgan fingerprint density at radius 3 is 2.10 bits per heavy atom. The summed E-state index contributed by atoms with van der Waals surface area (Å²) in [5.74, 6) is 0. The fraction of sp³-hybridized carbons (Fsp3) is 0.333. The van der Waals surface area contributed by atoms with Crippen LogP contribution in [-0.2, 0) is 0 Å². The molecule has 2 N–H and O–H groups in total. The summed E-state index contributed by atoms with van der Waals surface area (Å²) in [6.07, 6.45) is 3.61. The summed E-state index contributed by atoms with van der Waals surface area (Å²) in [7, 11) is 0. The molecule has 0 saturated heterocycles. The quantitative estimate of drug-likeness (QED) is 0.581. The molecule has 0 atom stereocenters. The molecule has 0 unspecified atom stereocenters. The van der Waals surface area contributed by atoms with Gasteiger partial charge in [0.15, 0.2) is 0 Å². The average Bonchev–Trinajstić information content (AvgIpc) is 1.87. The zero-order chi connectivity index (χ0) is 8.15. The third-order valence-corrected chi connectivity index (χ3v) is 1.38. The predicted molar refractivity (Wildman–Crippen MR) is 46.5 cm³/mol. The van der Waals surface area contributed by atoms with Gasteiger partial charge in [-0.05, 0) is 38.1 Å². The van der Waals surface area contributed by atoms with Crippen molar-refractivity contribution in [3.8, 4) is 0 Å². The van der Waals surface area contributed by atoms with Gasteiger partial charge in [-0.1, -0.05) is 18.2 Å². The fourth-order valence-electron chi connectivity index (χ4n) is 0.513. The van der Waals surface area contributed by atoms with Crippen molar-refractivity contribution in [3.05, 3.63) is 35.6 Å². The van der Waals surface area contributed by atoms with Crippen LogP contribution in [0, 0.1) is 0 Å². The Kier molecular flexibility index (Phi) is 3.55. The maximum Gasteiger partial charge on any atom is -0.00324 e. The second kappa shape index (κ2) is 3.94. The summed E-state index contributed by atoms with van der Waals surface area (Å²) in [5, 5.41) is 0. The highest BCUT2D eigenvalue weighted by Crippen LogP contribution is 2.07. The smallest absolute Gasteiger partial charge is 0.00324 e. The molecule has 0 aliphatic heterocycles. The van der Waals surface area contributed by atoms with E-state index >= 15 is 0 Å². The van der Waals surface area contributed by atoms with E-state index in [1.807, 2.05) is 26.8 Å². The van der Waals surface area contributed by atoms with Gasteiger partial charge >= 0.3 is 0 Å². The molecule has 0 saturated carbocycles. The largest absolute Gasteiger partial charge is 0.404 e. The monoisotopic (exact) mass is 137 g/mol. The molecule has 0 aromatic heterocycles. The summed E-state index contributed by atoms with van der Waals surface area (Å²) in [6.45, 7) is 9.78. The molecule has 0 heterocycles. The zero-order valence-corrected chi connectivity index (χ0v) is 6.94. The van der Waals surface area contributed by atoms with Crippen LogP contribution < -0.4 is 5.73 Å². The van der Waals surface area contributed by atoms with Crippen LogP contribution in [0.5, 0.6) is 0 Å². The van der Waals surface area contributed by atoms with Gasteiger partial charge in [-0.2, -0.15) is 0 Å². The van der Waals surface area contributed by atoms with Crippen LogP contribution in [0.3, 0.4) is 0 Å². The lowest BCUT2D eigenvalue weighted by Crippen LogP contribution is -1.83. The van der Waals surface area contributed by atoms with Crippen LogP contribution in [0.15, 0.2) is 35.6 Å². The van der Waals surface area contributed by atoms with Crippen LogP contribution >= 0.6 is 0 Å². The first-order valence-electron chi connectivity index (χ1n) is 3.30. The van der Waals surface area contributed by atoms with Crippen molar-refractivity contribution in [1.82, 2.24) is 0 Å². The van der Waals surface area contributed by atoms with E-state index in [1.54, 1.807) is 6.20 Å².